The maximum absolute atomic E-state index is 12.8. The van der Waals surface area contributed by atoms with Crippen molar-refractivity contribution in [2.75, 3.05) is 30.4 Å². The molecular formula is C30H29N7O3S2. The van der Waals surface area contributed by atoms with Crippen molar-refractivity contribution < 1.29 is 14.7 Å². The van der Waals surface area contributed by atoms with Crippen LogP contribution in [-0.4, -0.2) is 62.2 Å². The van der Waals surface area contributed by atoms with E-state index in [1.54, 1.807) is 16.2 Å². The Morgan fingerprint density at radius 1 is 1.02 bits per heavy atom. The van der Waals surface area contributed by atoms with E-state index < -0.39 is 5.97 Å². The molecule has 0 radical (unpaired) electrons. The Hall–Kier alpha value is -4.42. The van der Waals surface area contributed by atoms with Crippen molar-refractivity contribution in [3.8, 4) is 0 Å². The SMILES string of the molecule is Cc1cc(N(C)c2nc(C(=O)O)c(C3CCN(C(=O)Cc4ccccc4)CC3)s2)nnc1Nc1nc2ccccc2s1. The third kappa shape index (κ3) is 5.81. The molecule has 0 aliphatic carbocycles. The first-order valence-corrected chi connectivity index (χ1v) is 15.3. The molecule has 2 N–H and O–H groups in total. The normalized spacial score (nSPS) is 13.8. The van der Waals surface area contributed by atoms with Gasteiger partial charge in [0.1, 0.15) is 0 Å². The van der Waals surface area contributed by atoms with Crippen molar-refractivity contribution >= 4 is 66.7 Å². The van der Waals surface area contributed by atoms with Crippen LogP contribution in [0.3, 0.4) is 0 Å². The zero-order valence-electron chi connectivity index (χ0n) is 23.1. The van der Waals surface area contributed by atoms with Gasteiger partial charge in [-0.25, -0.2) is 14.8 Å². The van der Waals surface area contributed by atoms with Crippen molar-refractivity contribution in [3.05, 3.63) is 82.4 Å². The van der Waals surface area contributed by atoms with Gasteiger partial charge in [-0.1, -0.05) is 53.8 Å². The molecule has 3 aromatic heterocycles. The summed E-state index contributed by atoms with van der Waals surface area (Å²) >= 11 is 2.91. The van der Waals surface area contributed by atoms with E-state index in [9.17, 15) is 14.7 Å². The number of carboxylic acid groups (broad SMARTS) is 1. The number of nitrogens with one attached hydrogen (secondary N) is 1. The first-order chi connectivity index (χ1) is 20.4. The third-order valence-corrected chi connectivity index (χ3v) is 9.63. The zero-order valence-corrected chi connectivity index (χ0v) is 24.8. The molecule has 0 saturated carbocycles. The smallest absolute Gasteiger partial charge is 0.355 e. The molecule has 0 spiro atoms. The van der Waals surface area contributed by atoms with Crippen LogP contribution in [0.15, 0.2) is 60.7 Å². The Balaban J connectivity index is 1.15. The van der Waals surface area contributed by atoms with Gasteiger partial charge in [0.15, 0.2) is 27.6 Å². The second-order valence-corrected chi connectivity index (χ2v) is 12.3. The molecule has 12 heteroatoms. The van der Waals surface area contributed by atoms with Gasteiger partial charge < -0.3 is 20.2 Å². The minimum atomic E-state index is -1.05. The predicted molar refractivity (Wildman–Crippen MR) is 166 cm³/mol. The number of carbonyl (C=O) groups excluding carboxylic acids is 1. The van der Waals surface area contributed by atoms with Crippen molar-refractivity contribution in [1.29, 1.82) is 0 Å². The van der Waals surface area contributed by atoms with Crippen LogP contribution >= 0.6 is 22.7 Å². The average Bonchev–Trinajstić information content (AvgIpc) is 3.63. The van der Waals surface area contributed by atoms with Gasteiger partial charge in [-0.15, -0.1) is 21.5 Å². The van der Waals surface area contributed by atoms with Crippen LogP contribution in [0.5, 0.6) is 0 Å². The molecule has 1 aliphatic heterocycles. The number of para-hydroxylation sites is 1. The highest BCUT2D eigenvalue weighted by atomic mass is 32.1. The molecule has 0 unspecified atom stereocenters. The van der Waals surface area contributed by atoms with E-state index in [0.29, 0.717) is 49.1 Å². The topological polar surface area (TPSA) is 124 Å². The van der Waals surface area contributed by atoms with Gasteiger partial charge in [-0.2, -0.15) is 0 Å². The first-order valence-electron chi connectivity index (χ1n) is 13.6. The molecule has 5 aromatic rings. The lowest BCUT2D eigenvalue weighted by Gasteiger charge is -2.31. The highest BCUT2D eigenvalue weighted by Gasteiger charge is 2.30. The van der Waals surface area contributed by atoms with E-state index in [1.807, 2.05) is 79.5 Å². The Labute approximate surface area is 250 Å². The Morgan fingerprint density at radius 2 is 1.76 bits per heavy atom. The van der Waals surface area contributed by atoms with Crippen LogP contribution in [0.25, 0.3) is 10.2 Å². The van der Waals surface area contributed by atoms with Gasteiger partial charge in [0.05, 0.1) is 16.6 Å². The molecule has 1 fully saturated rings. The van der Waals surface area contributed by atoms with E-state index in [-0.39, 0.29) is 17.5 Å². The number of piperidine rings is 1. The second-order valence-electron chi connectivity index (χ2n) is 10.2. The van der Waals surface area contributed by atoms with Crippen LogP contribution in [-0.2, 0) is 11.2 Å². The van der Waals surface area contributed by atoms with Crippen LogP contribution in [0.2, 0.25) is 0 Å². The van der Waals surface area contributed by atoms with E-state index in [4.69, 9.17) is 0 Å². The third-order valence-electron chi connectivity index (χ3n) is 7.38. The fourth-order valence-corrected chi connectivity index (χ4v) is 7.11. The molecule has 1 saturated heterocycles. The standard InChI is InChI=1S/C30H29N7O3S2/c1-18-16-23(34-35-27(18)33-29-31-21-10-6-7-11-22(21)41-29)36(2)30-32-25(28(39)40)26(42-30)20-12-14-37(15-13-20)24(38)17-19-8-4-3-5-9-19/h3-11,16,20H,12-15,17H2,1-2H3,(H,39,40)(H,31,33,35). The van der Waals surface area contributed by atoms with Crippen LogP contribution in [0, 0.1) is 6.92 Å². The number of anilines is 4. The predicted octanol–water partition coefficient (Wildman–Crippen LogP) is 6.01. The maximum Gasteiger partial charge on any atom is 0.355 e. The average molecular weight is 600 g/mol. The molecular weight excluding hydrogens is 571 g/mol. The number of rotatable bonds is 8. The van der Waals surface area contributed by atoms with Gasteiger partial charge in [0.2, 0.25) is 5.91 Å². The number of aromatic carboxylic acids is 1. The molecule has 2 aromatic carbocycles. The summed E-state index contributed by atoms with van der Waals surface area (Å²) in [5, 5.41) is 23.3. The van der Waals surface area contributed by atoms with Gasteiger partial charge in [-0.05, 0) is 55.0 Å². The number of aryl methyl sites for hydroxylation is 1. The summed E-state index contributed by atoms with van der Waals surface area (Å²) in [5.41, 5.74) is 2.85. The van der Waals surface area contributed by atoms with Crippen LogP contribution in [0.4, 0.5) is 21.9 Å². The molecule has 1 amide bonds. The van der Waals surface area contributed by atoms with Gasteiger partial charge in [0, 0.05) is 25.0 Å². The highest BCUT2D eigenvalue weighted by molar-refractivity contribution is 7.22. The molecule has 0 bridgehead atoms. The number of amides is 1. The molecule has 214 valence electrons. The quantitative estimate of drug-likeness (QED) is 0.221. The minimum Gasteiger partial charge on any atom is -0.476 e. The lowest BCUT2D eigenvalue weighted by Crippen LogP contribution is -2.38. The van der Waals surface area contributed by atoms with Gasteiger partial charge in [-0.3, -0.25) is 4.79 Å². The number of likely N-dealkylation sites (tertiary alicyclic amines) is 1. The summed E-state index contributed by atoms with van der Waals surface area (Å²) in [4.78, 5) is 38.5. The number of fused-ring (bicyclic) bond motifs is 1. The number of benzene rings is 2. The summed E-state index contributed by atoms with van der Waals surface area (Å²) in [6, 6.07) is 19.5. The van der Waals surface area contributed by atoms with Crippen molar-refractivity contribution in [3.63, 3.8) is 0 Å². The monoisotopic (exact) mass is 599 g/mol. The molecule has 4 heterocycles. The van der Waals surface area contributed by atoms with Crippen LogP contribution < -0.4 is 10.2 Å². The highest BCUT2D eigenvalue weighted by Crippen LogP contribution is 2.39. The van der Waals surface area contributed by atoms with Crippen molar-refractivity contribution in [2.24, 2.45) is 0 Å². The summed E-state index contributed by atoms with van der Waals surface area (Å²) in [5.74, 6) is 0.218. The van der Waals surface area contributed by atoms with E-state index in [1.165, 1.54) is 11.3 Å². The lowest BCUT2D eigenvalue weighted by molar-refractivity contribution is -0.131. The number of hydrogen-bond donors (Lipinski definition) is 2. The van der Waals surface area contributed by atoms with E-state index in [2.05, 4.69) is 25.5 Å². The van der Waals surface area contributed by atoms with Crippen LogP contribution in [0.1, 0.15) is 45.3 Å². The van der Waals surface area contributed by atoms with Crippen molar-refractivity contribution in [2.45, 2.75) is 32.1 Å². The lowest BCUT2D eigenvalue weighted by atomic mass is 9.93. The first kappa shape index (κ1) is 27.7. The fourth-order valence-electron chi connectivity index (χ4n) is 5.05. The summed E-state index contributed by atoms with van der Waals surface area (Å²) in [6.07, 6.45) is 1.76. The molecule has 1 aliphatic rings. The fraction of sp³-hybridized carbons (Fsp3) is 0.267. The van der Waals surface area contributed by atoms with Gasteiger partial charge in [0.25, 0.3) is 0 Å². The second kappa shape index (κ2) is 11.8. The molecule has 10 nitrogen and oxygen atoms in total. The number of thiazole rings is 2. The zero-order chi connectivity index (χ0) is 29.2. The Kier molecular flexibility index (Phi) is 7.81. The minimum absolute atomic E-state index is 0.0183. The molecule has 42 heavy (non-hydrogen) atoms. The number of nitrogens with zero attached hydrogens (tertiary/aromatic N) is 6. The van der Waals surface area contributed by atoms with Crippen molar-refractivity contribution in [1.82, 2.24) is 25.1 Å². The number of carboxylic acids is 1. The number of carbonyl (C=O) groups is 2. The summed E-state index contributed by atoms with van der Waals surface area (Å²) in [6.45, 7) is 3.11. The van der Waals surface area contributed by atoms with Gasteiger partial charge >= 0.3 is 5.97 Å². The number of aromatic nitrogens is 4. The van der Waals surface area contributed by atoms with E-state index >= 15 is 0 Å². The molecule has 0 atom stereocenters. The molecule has 6 rings (SSSR count). The summed E-state index contributed by atoms with van der Waals surface area (Å²) in [7, 11) is 1.81. The Morgan fingerprint density at radius 3 is 2.48 bits per heavy atom. The van der Waals surface area contributed by atoms with E-state index in [0.717, 1.165) is 31.4 Å². The Bertz CT molecular complexity index is 1710. The maximum atomic E-state index is 12.8. The summed E-state index contributed by atoms with van der Waals surface area (Å²) < 4.78 is 1.08. The largest absolute Gasteiger partial charge is 0.476 e. The number of hydrogen-bond acceptors (Lipinski definition) is 10.